The number of hydrogen-bond acceptors (Lipinski definition) is 3. The van der Waals surface area contributed by atoms with Crippen LogP contribution in [0.4, 0.5) is 0 Å². The molecule has 18 heavy (non-hydrogen) atoms. The van der Waals surface area contributed by atoms with Gasteiger partial charge in [0.05, 0.1) is 12.3 Å². The van der Waals surface area contributed by atoms with Crippen LogP contribution in [0.25, 0.3) is 11.3 Å². The summed E-state index contributed by atoms with van der Waals surface area (Å²) in [5.74, 6) is 1.01. The van der Waals surface area contributed by atoms with Crippen molar-refractivity contribution in [2.45, 2.75) is 12.8 Å². The molecule has 1 aliphatic heterocycles. The molecule has 0 fully saturated rings. The first-order valence-corrected chi connectivity index (χ1v) is 6.27. The van der Waals surface area contributed by atoms with Crippen LogP contribution < -0.4 is 10.5 Å². The van der Waals surface area contributed by atoms with Crippen molar-refractivity contribution in [3.05, 3.63) is 35.5 Å². The van der Waals surface area contributed by atoms with Crippen molar-refractivity contribution in [3.8, 4) is 17.0 Å². The van der Waals surface area contributed by atoms with Gasteiger partial charge in [-0.15, -0.1) is 0 Å². The van der Waals surface area contributed by atoms with Crippen molar-refractivity contribution in [1.82, 2.24) is 9.78 Å². The summed E-state index contributed by atoms with van der Waals surface area (Å²) in [6.45, 7) is 1.44. The predicted octanol–water partition coefficient (Wildman–Crippen LogP) is 1.52. The van der Waals surface area contributed by atoms with E-state index < -0.39 is 0 Å². The van der Waals surface area contributed by atoms with Gasteiger partial charge in [0.2, 0.25) is 0 Å². The van der Waals surface area contributed by atoms with Gasteiger partial charge in [0.1, 0.15) is 5.75 Å². The van der Waals surface area contributed by atoms with Crippen LogP contribution in [-0.4, -0.2) is 22.9 Å². The SMILES string of the molecule is Cn1nc(-c2ccc3c(c2)CCO3)cc1CCN. The maximum Gasteiger partial charge on any atom is 0.122 e. The Bertz CT molecular complexity index is 574. The van der Waals surface area contributed by atoms with Crippen LogP contribution >= 0.6 is 0 Å². The van der Waals surface area contributed by atoms with Gasteiger partial charge in [-0.3, -0.25) is 4.68 Å². The first-order chi connectivity index (χ1) is 8.78. The van der Waals surface area contributed by atoms with E-state index in [2.05, 4.69) is 23.3 Å². The molecule has 0 amide bonds. The fraction of sp³-hybridized carbons (Fsp3) is 0.357. The maximum atomic E-state index is 5.59. The van der Waals surface area contributed by atoms with Gasteiger partial charge in [-0.1, -0.05) is 0 Å². The molecule has 1 aromatic carbocycles. The first-order valence-electron chi connectivity index (χ1n) is 6.27. The molecule has 1 aliphatic rings. The molecule has 2 heterocycles. The zero-order chi connectivity index (χ0) is 12.5. The molecule has 1 aromatic heterocycles. The maximum absolute atomic E-state index is 5.59. The summed E-state index contributed by atoms with van der Waals surface area (Å²) in [4.78, 5) is 0. The van der Waals surface area contributed by atoms with E-state index in [0.717, 1.165) is 36.5 Å². The third kappa shape index (κ3) is 1.88. The second-order valence-electron chi connectivity index (χ2n) is 4.60. The van der Waals surface area contributed by atoms with Crippen LogP contribution in [0.5, 0.6) is 5.75 Å². The topological polar surface area (TPSA) is 53.1 Å². The van der Waals surface area contributed by atoms with E-state index in [0.29, 0.717) is 6.54 Å². The number of rotatable bonds is 3. The minimum absolute atomic E-state index is 0.650. The smallest absolute Gasteiger partial charge is 0.122 e. The Kier molecular flexibility index (Phi) is 2.80. The molecule has 4 heteroatoms. The second kappa shape index (κ2) is 4.46. The zero-order valence-corrected chi connectivity index (χ0v) is 10.5. The van der Waals surface area contributed by atoms with Crippen LogP contribution in [0, 0.1) is 0 Å². The summed E-state index contributed by atoms with van der Waals surface area (Å²) in [6, 6.07) is 8.40. The highest BCUT2D eigenvalue weighted by atomic mass is 16.5. The predicted molar refractivity (Wildman–Crippen MR) is 70.6 cm³/mol. The first kappa shape index (κ1) is 11.3. The fourth-order valence-corrected chi connectivity index (χ4v) is 2.37. The number of nitrogens with two attached hydrogens (primary N) is 1. The van der Waals surface area contributed by atoms with Gasteiger partial charge in [-0.05, 0) is 36.4 Å². The van der Waals surface area contributed by atoms with Crippen LogP contribution in [0.15, 0.2) is 24.3 Å². The number of fused-ring (bicyclic) bond motifs is 1. The Morgan fingerprint density at radius 1 is 1.39 bits per heavy atom. The number of ether oxygens (including phenoxy) is 1. The Morgan fingerprint density at radius 2 is 2.28 bits per heavy atom. The van der Waals surface area contributed by atoms with Crippen LogP contribution in [-0.2, 0) is 19.9 Å². The van der Waals surface area contributed by atoms with Crippen LogP contribution in [0.2, 0.25) is 0 Å². The molecule has 0 bridgehead atoms. The Labute approximate surface area is 106 Å². The summed E-state index contributed by atoms with van der Waals surface area (Å²) in [5, 5.41) is 4.55. The van der Waals surface area contributed by atoms with Gasteiger partial charge in [0.15, 0.2) is 0 Å². The Hall–Kier alpha value is -1.81. The zero-order valence-electron chi connectivity index (χ0n) is 10.5. The molecule has 0 aliphatic carbocycles. The lowest BCUT2D eigenvalue weighted by Crippen LogP contribution is -2.06. The van der Waals surface area contributed by atoms with E-state index in [9.17, 15) is 0 Å². The van der Waals surface area contributed by atoms with Crippen molar-refractivity contribution in [1.29, 1.82) is 0 Å². The number of aromatic nitrogens is 2. The number of aryl methyl sites for hydroxylation is 1. The molecule has 0 radical (unpaired) electrons. The average molecular weight is 243 g/mol. The molecule has 2 N–H and O–H groups in total. The van der Waals surface area contributed by atoms with Crippen molar-refractivity contribution >= 4 is 0 Å². The summed E-state index contributed by atoms with van der Waals surface area (Å²) < 4.78 is 7.42. The van der Waals surface area contributed by atoms with Gasteiger partial charge in [0, 0.05) is 31.1 Å². The van der Waals surface area contributed by atoms with Gasteiger partial charge < -0.3 is 10.5 Å². The fourth-order valence-electron chi connectivity index (χ4n) is 2.37. The lowest BCUT2D eigenvalue weighted by Gasteiger charge is -2.01. The summed E-state index contributed by atoms with van der Waals surface area (Å²) in [7, 11) is 1.96. The van der Waals surface area contributed by atoms with Crippen molar-refractivity contribution in [3.63, 3.8) is 0 Å². The number of benzene rings is 1. The van der Waals surface area contributed by atoms with Crippen molar-refractivity contribution in [2.24, 2.45) is 12.8 Å². The molecular weight excluding hydrogens is 226 g/mol. The highest BCUT2D eigenvalue weighted by molar-refractivity contribution is 5.63. The molecule has 0 saturated heterocycles. The summed E-state index contributed by atoms with van der Waals surface area (Å²) >= 11 is 0. The lowest BCUT2D eigenvalue weighted by atomic mass is 10.1. The minimum Gasteiger partial charge on any atom is -0.493 e. The van der Waals surface area contributed by atoms with Gasteiger partial charge >= 0.3 is 0 Å². The van der Waals surface area contributed by atoms with Crippen LogP contribution in [0.1, 0.15) is 11.3 Å². The summed E-state index contributed by atoms with van der Waals surface area (Å²) in [6.07, 6.45) is 1.85. The molecule has 4 nitrogen and oxygen atoms in total. The number of nitrogens with zero attached hydrogens (tertiary/aromatic N) is 2. The Morgan fingerprint density at radius 3 is 3.11 bits per heavy atom. The normalized spacial score (nSPS) is 13.4. The van der Waals surface area contributed by atoms with E-state index in [4.69, 9.17) is 10.5 Å². The third-order valence-electron chi connectivity index (χ3n) is 3.36. The van der Waals surface area contributed by atoms with E-state index in [1.54, 1.807) is 0 Å². The second-order valence-corrected chi connectivity index (χ2v) is 4.60. The van der Waals surface area contributed by atoms with E-state index in [-0.39, 0.29) is 0 Å². The summed E-state index contributed by atoms with van der Waals surface area (Å²) in [5.41, 5.74) is 10.2. The van der Waals surface area contributed by atoms with E-state index >= 15 is 0 Å². The van der Waals surface area contributed by atoms with Gasteiger partial charge in [-0.2, -0.15) is 5.10 Å². The third-order valence-corrected chi connectivity index (χ3v) is 3.36. The molecular formula is C14H17N3O. The Balaban J connectivity index is 1.97. The largest absolute Gasteiger partial charge is 0.493 e. The van der Waals surface area contributed by atoms with Crippen molar-refractivity contribution in [2.75, 3.05) is 13.2 Å². The number of hydrogen-bond donors (Lipinski definition) is 1. The lowest BCUT2D eigenvalue weighted by molar-refractivity contribution is 0.357. The van der Waals surface area contributed by atoms with Crippen LogP contribution in [0.3, 0.4) is 0 Å². The molecule has 0 saturated carbocycles. The van der Waals surface area contributed by atoms with Crippen molar-refractivity contribution < 1.29 is 4.74 Å². The van der Waals surface area contributed by atoms with E-state index in [1.165, 1.54) is 11.3 Å². The van der Waals surface area contributed by atoms with E-state index in [1.807, 2.05) is 17.8 Å². The quantitative estimate of drug-likeness (QED) is 0.889. The highest BCUT2D eigenvalue weighted by Crippen LogP contribution is 2.30. The standard InChI is InChI=1S/C14H17N3O/c1-17-12(4-6-15)9-13(16-17)10-2-3-14-11(8-10)5-7-18-14/h2-3,8-9H,4-7,15H2,1H3. The highest BCUT2D eigenvalue weighted by Gasteiger charge is 2.14. The molecule has 3 rings (SSSR count). The monoisotopic (exact) mass is 243 g/mol. The molecule has 0 atom stereocenters. The molecule has 2 aromatic rings. The van der Waals surface area contributed by atoms with Gasteiger partial charge in [-0.25, -0.2) is 0 Å². The molecule has 0 spiro atoms. The van der Waals surface area contributed by atoms with Gasteiger partial charge in [0.25, 0.3) is 0 Å². The minimum atomic E-state index is 0.650. The average Bonchev–Trinajstić information content (AvgIpc) is 2.96. The molecule has 0 unspecified atom stereocenters. The molecule has 94 valence electrons.